The predicted octanol–water partition coefficient (Wildman–Crippen LogP) is 4.63. The number of carbonyl (C=O) groups excluding carboxylic acids is 2. The molecule has 1 fully saturated rings. The van der Waals surface area contributed by atoms with Gasteiger partial charge in [-0.1, -0.05) is 38.1 Å². The van der Waals surface area contributed by atoms with E-state index in [0.29, 0.717) is 64.1 Å². The van der Waals surface area contributed by atoms with Crippen LogP contribution in [0.1, 0.15) is 40.6 Å². The standard InChI is InChI=1S/C29H30FN5O3S/c1-18(2)20-8-10-21(11-9-20)32-24(36)16-35-17-31-27-25(28(35)37)19(3)26(39-27)29(38)34-14-12-33(13-15-34)23-7-5-4-6-22(23)30/h4-11,17-18H,12-16H2,1-3H3,(H,32,36). The maximum absolute atomic E-state index is 14.2. The molecule has 2 amide bonds. The second kappa shape index (κ2) is 11.0. The van der Waals surface area contributed by atoms with Crippen molar-refractivity contribution in [3.63, 3.8) is 0 Å². The van der Waals surface area contributed by atoms with Crippen molar-refractivity contribution in [2.45, 2.75) is 33.2 Å². The van der Waals surface area contributed by atoms with Gasteiger partial charge < -0.3 is 15.1 Å². The van der Waals surface area contributed by atoms with E-state index >= 15 is 0 Å². The molecule has 8 nitrogen and oxygen atoms in total. The number of carbonyl (C=O) groups is 2. The third-order valence-electron chi connectivity index (χ3n) is 7.05. The van der Waals surface area contributed by atoms with Crippen molar-refractivity contribution in [2.24, 2.45) is 0 Å². The maximum atomic E-state index is 14.2. The maximum Gasteiger partial charge on any atom is 0.264 e. The Kier molecular flexibility index (Phi) is 7.47. The summed E-state index contributed by atoms with van der Waals surface area (Å²) in [5.41, 5.74) is 2.56. The van der Waals surface area contributed by atoms with E-state index < -0.39 is 0 Å². The number of nitrogens with zero attached hydrogens (tertiary/aromatic N) is 4. The molecule has 39 heavy (non-hydrogen) atoms. The third kappa shape index (κ3) is 5.42. The Labute approximate surface area is 229 Å². The molecule has 2 aromatic carbocycles. The number of rotatable bonds is 6. The number of halogens is 1. The Balaban J connectivity index is 1.29. The van der Waals surface area contributed by atoms with E-state index in [1.165, 1.54) is 33.9 Å². The van der Waals surface area contributed by atoms with E-state index in [4.69, 9.17) is 0 Å². The van der Waals surface area contributed by atoms with Gasteiger partial charge in [0.1, 0.15) is 17.2 Å². The Morgan fingerprint density at radius 2 is 1.74 bits per heavy atom. The molecule has 5 rings (SSSR count). The highest BCUT2D eigenvalue weighted by Crippen LogP contribution is 2.29. The van der Waals surface area contributed by atoms with Crippen LogP contribution in [0.5, 0.6) is 0 Å². The van der Waals surface area contributed by atoms with Crippen LogP contribution in [0.25, 0.3) is 10.2 Å². The number of fused-ring (bicyclic) bond motifs is 1. The summed E-state index contributed by atoms with van der Waals surface area (Å²) in [6.45, 7) is 7.66. The molecule has 1 N–H and O–H groups in total. The Morgan fingerprint density at radius 3 is 2.41 bits per heavy atom. The molecule has 1 aliphatic heterocycles. The smallest absolute Gasteiger partial charge is 0.264 e. The molecule has 0 radical (unpaired) electrons. The SMILES string of the molecule is Cc1c(C(=O)N2CCN(c3ccccc3F)CC2)sc2ncn(CC(=O)Nc3ccc(C(C)C)cc3)c(=O)c12. The first-order valence-corrected chi connectivity index (χ1v) is 13.7. The van der Waals surface area contributed by atoms with Gasteiger partial charge in [-0.05, 0) is 48.2 Å². The molecule has 0 saturated carbocycles. The number of anilines is 2. The fourth-order valence-electron chi connectivity index (χ4n) is 4.78. The van der Waals surface area contributed by atoms with Crippen molar-refractivity contribution in [3.8, 4) is 0 Å². The first-order valence-electron chi connectivity index (χ1n) is 12.9. The number of benzene rings is 2. The van der Waals surface area contributed by atoms with E-state index in [0.717, 1.165) is 0 Å². The summed E-state index contributed by atoms with van der Waals surface area (Å²) in [4.78, 5) is 48.3. The highest BCUT2D eigenvalue weighted by atomic mass is 32.1. The van der Waals surface area contributed by atoms with Crippen LogP contribution >= 0.6 is 11.3 Å². The monoisotopic (exact) mass is 547 g/mol. The van der Waals surface area contributed by atoms with Crippen molar-refractivity contribution >= 4 is 44.7 Å². The lowest BCUT2D eigenvalue weighted by Gasteiger charge is -2.36. The molecule has 0 spiro atoms. The molecular weight excluding hydrogens is 517 g/mol. The number of hydrogen-bond donors (Lipinski definition) is 1. The van der Waals surface area contributed by atoms with E-state index in [-0.39, 0.29) is 29.7 Å². The van der Waals surface area contributed by atoms with Gasteiger partial charge in [-0.3, -0.25) is 19.0 Å². The zero-order valence-electron chi connectivity index (χ0n) is 22.1. The quantitative estimate of drug-likeness (QED) is 0.380. The Hall–Kier alpha value is -4.05. The van der Waals surface area contributed by atoms with Gasteiger partial charge in [0.15, 0.2) is 0 Å². The van der Waals surface area contributed by atoms with Gasteiger partial charge in [0.05, 0.1) is 22.3 Å². The summed E-state index contributed by atoms with van der Waals surface area (Å²) in [5, 5.41) is 3.17. The third-order valence-corrected chi connectivity index (χ3v) is 8.23. The summed E-state index contributed by atoms with van der Waals surface area (Å²) < 4.78 is 15.4. The summed E-state index contributed by atoms with van der Waals surface area (Å²) in [6.07, 6.45) is 1.35. The van der Waals surface area contributed by atoms with Crippen LogP contribution in [-0.2, 0) is 11.3 Å². The van der Waals surface area contributed by atoms with Crippen molar-refractivity contribution in [1.29, 1.82) is 0 Å². The lowest BCUT2D eigenvalue weighted by molar-refractivity contribution is -0.116. The molecule has 0 aliphatic carbocycles. The summed E-state index contributed by atoms with van der Waals surface area (Å²) >= 11 is 1.18. The minimum Gasteiger partial charge on any atom is -0.366 e. The highest BCUT2D eigenvalue weighted by Gasteiger charge is 2.27. The lowest BCUT2D eigenvalue weighted by Crippen LogP contribution is -2.49. The number of aromatic nitrogens is 2. The fraction of sp³-hybridized carbons (Fsp3) is 0.310. The zero-order valence-corrected chi connectivity index (χ0v) is 22.9. The van der Waals surface area contributed by atoms with E-state index in [1.807, 2.05) is 29.2 Å². The van der Waals surface area contributed by atoms with Crippen molar-refractivity contribution in [2.75, 3.05) is 36.4 Å². The second-order valence-corrected chi connectivity index (χ2v) is 11.0. The molecule has 0 bridgehead atoms. The number of aryl methyl sites for hydroxylation is 1. The van der Waals surface area contributed by atoms with Crippen LogP contribution < -0.4 is 15.8 Å². The topological polar surface area (TPSA) is 87.5 Å². The van der Waals surface area contributed by atoms with Gasteiger partial charge in [0, 0.05) is 31.9 Å². The van der Waals surface area contributed by atoms with Crippen LogP contribution in [0.3, 0.4) is 0 Å². The minimum atomic E-state index is -0.359. The number of amides is 2. The average molecular weight is 548 g/mol. The van der Waals surface area contributed by atoms with E-state index in [9.17, 15) is 18.8 Å². The number of para-hydroxylation sites is 1. The van der Waals surface area contributed by atoms with Gasteiger partial charge in [0.2, 0.25) is 5.91 Å². The fourth-order valence-corrected chi connectivity index (χ4v) is 5.89. The normalized spacial score (nSPS) is 13.8. The Morgan fingerprint density at radius 1 is 1.05 bits per heavy atom. The van der Waals surface area contributed by atoms with Gasteiger partial charge in [-0.25, -0.2) is 9.37 Å². The molecule has 1 aliphatic rings. The van der Waals surface area contributed by atoms with Crippen LogP contribution in [0, 0.1) is 12.7 Å². The highest BCUT2D eigenvalue weighted by molar-refractivity contribution is 7.20. The molecule has 2 aromatic heterocycles. The molecule has 0 atom stereocenters. The van der Waals surface area contributed by atoms with Gasteiger partial charge >= 0.3 is 0 Å². The van der Waals surface area contributed by atoms with Gasteiger partial charge in [-0.2, -0.15) is 0 Å². The van der Waals surface area contributed by atoms with E-state index in [2.05, 4.69) is 24.1 Å². The molecule has 4 aromatic rings. The van der Waals surface area contributed by atoms with Crippen LogP contribution in [-0.4, -0.2) is 52.4 Å². The van der Waals surface area contributed by atoms with Crippen molar-refractivity contribution in [3.05, 3.63) is 87.0 Å². The molecule has 0 unspecified atom stereocenters. The van der Waals surface area contributed by atoms with Crippen LogP contribution in [0.2, 0.25) is 0 Å². The predicted molar refractivity (Wildman–Crippen MR) is 152 cm³/mol. The Bertz CT molecular complexity index is 1590. The van der Waals surface area contributed by atoms with E-state index in [1.54, 1.807) is 30.0 Å². The molecule has 1 saturated heterocycles. The van der Waals surface area contributed by atoms with Gasteiger partial charge in [-0.15, -0.1) is 11.3 Å². The molecule has 3 heterocycles. The largest absolute Gasteiger partial charge is 0.366 e. The van der Waals surface area contributed by atoms with Crippen molar-refractivity contribution in [1.82, 2.24) is 14.5 Å². The zero-order chi connectivity index (χ0) is 27.7. The molecule has 10 heteroatoms. The first-order chi connectivity index (χ1) is 18.7. The summed E-state index contributed by atoms with van der Waals surface area (Å²) in [7, 11) is 0. The summed E-state index contributed by atoms with van der Waals surface area (Å²) in [5.74, 6) is -0.400. The molecular formula is C29H30FN5O3S. The second-order valence-electron chi connectivity index (χ2n) is 9.97. The minimum absolute atomic E-state index is 0.169. The molecule has 202 valence electrons. The van der Waals surface area contributed by atoms with Crippen LogP contribution in [0.4, 0.5) is 15.8 Å². The first kappa shape index (κ1) is 26.6. The number of hydrogen-bond acceptors (Lipinski definition) is 6. The average Bonchev–Trinajstić information content (AvgIpc) is 3.27. The lowest BCUT2D eigenvalue weighted by atomic mass is 10.0. The van der Waals surface area contributed by atoms with Crippen LogP contribution in [0.15, 0.2) is 59.7 Å². The summed E-state index contributed by atoms with van der Waals surface area (Å²) in [6, 6.07) is 14.2. The number of nitrogens with one attached hydrogen (secondary N) is 1. The van der Waals surface area contributed by atoms with Gasteiger partial charge in [0.25, 0.3) is 11.5 Å². The van der Waals surface area contributed by atoms with Crippen molar-refractivity contribution < 1.29 is 14.0 Å². The number of piperazine rings is 1. The number of thiophene rings is 1.